The minimum atomic E-state index is -0.934. The summed E-state index contributed by atoms with van der Waals surface area (Å²) in [5, 5.41) is 9.57. The van der Waals surface area contributed by atoms with Gasteiger partial charge in [0.1, 0.15) is 11.5 Å². The van der Waals surface area contributed by atoms with Crippen molar-refractivity contribution in [3.63, 3.8) is 0 Å². The molecule has 0 saturated carbocycles. The van der Waals surface area contributed by atoms with Crippen LogP contribution in [-0.4, -0.2) is 62.3 Å². The molecule has 1 aromatic heterocycles. The third-order valence-electron chi connectivity index (χ3n) is 4.87. The van der Waals surface area contributed by atoms with E-state index in [9.17, 15) is 10.1 Å². The number of carbonyl (C=O) groups is 1. The van der Waals surface area contributed by atoms with Crippen LogP contribution in [0.5, 0.6) is 5.75 Å². The molecular formula is C18H24N4O3. The molecule has 7 heteroatoms. The lowest BCUT2D eigenvalue weighted by molar-refractivity contribution is -0.142. The lowest BCUT2D eigenvalue weighted by Gasteiger charge is -2.33. The summed E-state index contributed by atoms with van der Waals surface area (Å²) in [4.78, 5) is 20.9. The first kappa shape index (κ1) is 17.5. The highest BCUT2D eigenvalue weighted by molar-refractivity contribution is 5.86. The third kappa shape index (κ3) is 3.54. The number of hydrogen-bond donors (Lipinski definition) is 0. The van der Waals surface area contributed by atoms with Gasteiger partial charge in [-0.25, -0.2) is 4.98 Å². The molecule has 2 aliphatic heterocycles. The number of ether oxygens (including phenoxy) is 2. The smallest absolute Gasteiger partial charge is 0.243 e. The van der Waals surface area contributed by atoms with Crippen molar-refractivity contribution in [3.8, 4) is 11.8 Å². The van der Waals surface area contributed by atoms with Crippen LogP contribution in [0, 0.1) is 16.7 Å². The summed E-state index contributed by atoms with van der Waals surface area (Å²) in [6, 6.07) is 5.99. The minimum Gasteiger partial charge on any atom is -0.485 e. The molecule has 134 valence electrons. The average molecular weight is 344 g/mol. The molecule has 25 heavy (non-hydrogen) atoms. The Balaban J connectivity index is 1.66. The maximum Gasteiger partial charge on any atom is 0.243 e. The lowest BCUT2D eigenvalue weighted by atomic mass is 9.80. The molecule has 0 bridgehead atoms. The van der Waals surface area contributed by atoms with E-state index < -0.39 is 5.41 Å². The van der Waals surface area contributed by atoms with Crippen LogP contribution in [0.3, 0.4) is 0 Å². The van der Waals surface area contributed by atoms with Crippen LogP contribution in [0.4, 0.5) is 5.82 Å². The fraction of sp³-hybridized carbons (Fsp3) is 0.611. The number of hydrogen-bond acceptors (Lipinski definition) is 6. The molecule has 1 atom stereocenters. The Bertz CT molecular complexity index is 665. The second-order valence-corrected chi connectivity index (χ2v) is 6.81. The Labute approximate surface area is 148 Å². The molecule has 2 saturated heterocycles. The van der Waals surface area contributed by atoms with E-state index in [0.29, 0.717) is 44.9 Å². The van der Waals surface area contributed by atoms with Gasteiger partial charge in [-0.05, 0) is 25.0 Å². The van der Waals surface area contributed by atoms with Gasteiger partial charge in [0, 0.05) is 46.5 Å². The molecule has 3 rings (SSSR count). The highest BCUT2D eigenvalue weighted by Crippen LogP contribution is 2.34. The lowest BCUT2D eigenvalue weighted by Crippen LogP contribution is -2.45. The zero-order valence-electron chi connectivity index (χ0n) is 14.8. The quantitative estimate of drug-likeness (QED) is 0.822. The molecule has 0 aliphatic carbocycles. The molecule has 1 aromatic rings. The summed E-state index contributed by atoms with van der Waals surface area (Å²) in [6.07, 6.45) is 3.34. The van der Waals surface area contributed by atoms with Crippen LogP contribution in [0.25, 0.3) is 0 Å². The van der Waals surface area contributed by atoms with E-state index in [2.05, 4.69) is 11.1 Å². The fourth-order valence-corrected chi connectivity index (χ4v) is 3.39. The molecule has 1 unspecified atom stereocenters. The molecule has 7 nitrogen and oxygen atoms in total. The topological polar surface area (TPSA) is 78.7 Å². The Morgan fingerprint density at radius 1 is 1.48 bits per heavy atom. The molecule has 0 radical (unpaired) electrons. The van der Waals surface area contributed by atoms with E-state index >= 15 is 0 Å². The monoisotopic (exact) mass is 344 g/mol. The zero-order valence-corrected chi connectivity index (χ0v) is 14.8. The summed E-state index contributed by atoms with van der Waals surface area (Å²) in [7, 11) is 3.84. The third-order valence-corrected chi connectivity index (χ3v) is 4.87. The number of carbonyl (C=O) groups excluding carboxylic acids is 1. The van der Waals surface area contributed by atoms with E-state index in [4.69, 9.17) is 9.47 Å². The molecule has 1 amide bonds. The van der Waals surface area contributed by atoms with E-state index in [0.717, 1.165) is 12.2 Å². The van der Waals surface area contributed by atoms with Crippen LogP contribution in [0.15, 0.2) is 18.3 Å². The van der Waals surface area contributed by atoms with Gasteiger partial charge >= 0.3 is 0 Å². The van der Waals surface area contributed by atoms with Gasteiger partial charge in [-0.1, -0.05) is 0 Å². The van der Waals surface area contributed by atoms with Crippen LogP contribution < -0.4 is 9.64 Å². The molecule has 0 spiro atoms. The number of nitrogens with zero attached hydrogens (tertiary/aromatic N) is 4. The van der Waals surface area contributed by atoms with Crippen LogP contribution in [0.1, 0.15) is 19.3 Å². The van der Waals surface area contributed by atoms with E-state index in [-0.39, 0.29) is 12.0 Å². The second-order valence-electron chi connectivity index (χ2n) is 6.81. The summed E-state index contributed by atoms with van der Waals surface area (Å²) in [6.45, 7) is 2.06. The fourth-order valence-electron chi connectivity index (χ4n) is 3.39. The van der Waals surface area contributed by atoms with Gasteiger partial charge < -0.3 is 19.3 Å². The number of rotatable bonds is 4. The number of aromatic nitrogens is 1. The molecule has 3 heterocycles. The van der Waals surface area contributed by atoms with Crippen molar-refractivity contribution < 1.29 is 14.3 Å². The number of anilines is 1. The number of pyridine rings is 1. The predicted molar refractivity (Wildman–Crippen MR) is 92.3 cm³/mol. The van der Waals surface area contributed by atoms with Crippen molar-refractivity contribution in [3.05, 3.63) is 18.3 Å². The Kier molecular flexibility index (Phi) is 5.09. The first-order chi connectivity index (χ1) is 12.1. The van der Waals surface area contributed by atoms with Crippen molar-refractivity contribution >= 4 is 11.7 Å². The SMILES string of the molecule is CN(C)c1ncccc1OC1CCN(C(=O)C2(C#N)CCOCC2)C1. The minimum absolute atomic E-state index is 0.0802. The van der Waals surface area contributed by atoms with E-state index in [1.807, 2.05) is 31.1 Å². The van der Waals surface area contributed by atoms with Gasteiger partial charge in [0.2, 0.25) is 5.91 Å². The van der Waals surface area contributed by atoms with Crippen molar-refractivity contribution in [1.82, 2.24) is 9.88 Å². The molecular weight excluding hydrogens is 320 g/mol. The van der Waals surface area contributed by atoms with Gasteiger partial charge in [0.15, 0.2) is 11.6 Å². The molecule has 2 aliphatic rings. The highest BCUT2D eigenvalue weighted by atomic mass is 16.5. The second kappa shape index (κ2) is 7.28. The van der Waals surface area contributed by atoms with Gasteiger partial charge in [-0.3, -0.25) is 4.79 Å². The Morgan fingerprint density at radius 3 is 2.92 bits per heavy atom. The normalized spacial score (nSPS) is 22.3. The standard InChI is InChI=1S/C18H24N4O3/c1-21(2)16-15(4-3-8-20-16)25-14-5-9-22(12-14)17(23)18(13-19)6-10-24-11-7-18/h3-4,8,14H,5-7,9-12H2,1-2H3. The predicted octanol–water partition coefficient (Wildman–Crippen LogP) is 1.45. The number of likely N-dealkylation sites (tertiary alicyclic amines) is 1. The van der Waals surface area contributed by atoms with Gasteiger partial charge in [-0.2, -0.15) is 5.26 Å². The van der Waals surface area contributed by atoms with Crippen LogP contribution in [0.2, 0.25) is 0 Å². The van der Waals surface area contributed by atoms with Crippen LogP contribution >= 0.6 is 0 Å². The maximum absolute atomic E-state index is 12.9. The van der Waals surface area contributed by atoms with Crippen LogP contribution in [-0.2, 0) is 9.53 Å². The van der Waals surface area contributed by atoms with Crippen molar-refractivity contribution in [2.24, 2.45) is 5.41 Å². The summed E-state index contributed by atoms with van der Waals surface area (Å²) in [5.41, 5.74) is -0.934. The first-order valence-corrected chi connectivity index (χ1v) is 8.63. The Morgan fingerprint density at radius 2 is 2.24 bits per heavy atom. The highest BCUT2D eigenvalue weighted by Gasteiger charge is 2.45. The van der Waals surface area contributed by atoms with Gasteiger partial charge in [-0.15, -0.1) is 0 Å². The van der Waals surface area contributed by atoms with E-state index in [1.165, 1.54) is 0 Å². The zero-order chi connectivity index (χ0) is 17.9. The maximum atomic E-state index is 12.9. The van der Waals surface area contributed by atoms with Crippen molar-refractivity contribution in [1.29, 1.82) is 5.26 Å². The van der Waals surface area contributed by atoms with Crippen molar-refractivity contribution in [2.45, 2.75) is 25.4 Å². The molecule has 2 fully saturated rings. The van der Waals surface area contributed by atoms with Gasteiger partial charge in [0.05, 0.1) is 12.6 Å². The summed E-state index contributed by atoms with van der Waals surface area (Å²) < 4.78 is 11.4. The number of nitriles is 1. The van der Waals surface area contributed by atoms with Gasteiger partial charge in [0.25, 0.3) is 0 Å². The molecule has 0 N–H and O–H groups in total. The summed E-state index contributed by atoms with van der Waals surface area (Å²) in [5.74, 6) is 1.40. The summed E-state index contributed by atoms with van der Waals surface area (Å²) >= 11 is 0. The first-order valence-electron chi connectivity index (χ1n) is 8.63. The van der Waals surface area contributed by atoms with Crippen molar-refractivity contribution in [2.75, 3.05) is 45.3 Å². The average Bonchev–Trinajstić information content (AvgIpc) is 3.10. The number of amides is 1. The van der Waals surface area contributed by atoms with E-state index in [1.54, 1.807) is 11.1 Å². The Hall–Kier alpha value is -2.33. The molecule has 0 aromatic carbocycles. The largest absolute Gasteiger partial charge is 0.485 e.